The van der Waals surface area contributed by atoms with Gasteiger partial charge in [0.05, 0.1) is 17.4 Å². The van der Waals surface area contributed by atoms with E-state index in [1.807, 2.05) is 0 Å². The van der Waals surface area contributed by atoms with Gasteiger partial charge in [0.15, 0.2) is 28.4 Å². The van der Waals surface area contributed by atoms with E-state index >= 15 is 0 Å². The van der Waals surface area contributed by atoms with Gasteiger partial charge in [-0.25, -0.2) is 9.59 Å². The van der Waals surface area contributed by atoms with Gasteiger partial charge in [0.25, 0.3) is 0 Å². The number of carbonyl (C=O) groups excluding carboxylic acids is 4. The molecule has 4 bridgehead atoms. The molecule has 1 spiro atoms. The number of aliphatic hydroxyl groups excluding tert-OH is 1. The Labute approximate surface area is 218 Å². The molecule has 0 amide bonds. The van der Waals surface area contributed by atoms with Crippen molar-refractivity contribution in [2.45, 2.75) is 81.3 Å². The quantitative estimate of drug-likeness (QED) is 0.299. The Kier molecular flexibility index (Phi) is 4.20. The molecule has 4 aliphatic heterocycles. The number of fused-ring (bicyclic) bond motifs is 9. The molecule has 10 nitrogen and oxygen atoms in total. The molecule has 6 fully saturated rings. The Morgan fingerprint density at radius 3 is 2.50 bits per heavy atom. The summed E-state index contributed by atoms with van der Waals surface area (Å²) in [6.07, 6.45) is 2.19. The number of aliphatic hydroxyl groups is 3. The van der Waals surface area contributed by atoms with Crippen molar-refractivity contribution in [1.29, 1.82) is 0 Å². The summed E-state index contributed by atoms with van der Waals surface area (Å²) in [7, 11) is 0. The van der Waals surface area contributed by atoms with Gasteiger partial charge in [-0.3, -0.25) is 9.59 Å². The average Bonchev–Trinajstić information content (AvgIpc) is 3.20. The highest BCUT2D eigenvalue weighted by Crippen LogP contribution is 2.73. The molecule has 3 N–H and O–H groups in total. The van der Waals surface area contributed by atoms with Gasteiger partial charge in [-0.2, -0.15) is 0 Å². The minimum absolute atomic E-state index is 0.0210. The Morgan fingerprint density at radius 2 is 1.79 bits per heavy atom. The molecule has 4 saturated heterocycles. The molecule has 0 aromatic carbocycles. The zero-order valence-electron chi connectivity index (χ0n) is 21.4. The average molecular weight is 527 g/mol. The number of esters is 2. The van der Waals surface area contributed by atoms with E-state index in [0.29, 0.717) is 5.57 Å². The van der Waals surface area contributed by atoms with Gasteiger partial charge in [0.1, 0.15) is 6.10 Å². The van der Waals surface area contributed by atoms with Crippen molar-refractivity contribution in [3.05, 3.63) is 36.0 Å². The summed E-state index contributed by atoms with van der Waals surface area (Å²) in [6.45, 7) is 8.65. The SMILES string of the molecule is C=C1C(=O)O[C@@H]2C[C@@]1(C)[C@@H]1C(=O)[C@@]3(O)O[C@]14[C@@]2(C)OC(=O)[C@@]4(O)CC[C@H]1[C@H]3C[C@@H](O)C2=CC=CC(=O)[C@@]21C. The topological polar surface area (TPSA) is 157 Å². The Balaban J connectivity index is 1.51. The van der Waals surface area contributed by atoms with E-state index in [4.69, 9.17) is 14.2 Å². The number of hydrogen-bond donors (Lipinski definition) is 3. The van der Waals surface area contributed by atoms with Gasteiger partial charge in [-0.15, -0.1) is 0 Å². The third kappa shape index (κ3) is 2.15. The van der Waals surface area contributed by atoms with Crippen LogP contribution in [0.2, 0.25) is 0 Å². The first-order valence-corrected chi connectivity index (χ1v) is 13.1. The van der Waals surface area contributed by atoms with Gasteiger partial charge in [-0.05, 0) is 57.1 Å². The van der Waals surface area contributed by atoms with Crippen LogP contribution in [0.3, 0.4) is 0 Å². The third-order valence-corrected chi connectivity index (χ3v) is 11.4. The predicted molar refractivity (Wildman–Crippen MR) is 126 cm³/mol. The highest BCUT2D eigenvalue weighted by molar-refractivity contribution is 6.02. The minimum Gasteiger partial charge on any atom is -0.455 e. The van der Waals surface area contributed by atoms with Crippen LogP contribution in [-0.2, 0) is 33.4 Å². The summed E-state index contributed by atoms with van der Waals surface area (Å²) >= 11 is 0. The summed E-state index contributed by atoms with van der Waals surface area (Å²) in [5.41, 5.74) is -8.49. The van der Waals surface area contributed by atoms with Gasteiger partial charge in [0, 0.05) is 16.9 Å². The zero-order valence-corrected chi connectivity index (χ0v) is 21.4. The summed E-state index contributed by atoms with van der Waals surface area (Å²) in [5.74, 6) is -8.73. The maximum absolute atomic E-state index is 14.6. The molecular weight excluding hydrogens is 496 g/mol. The first-order chi connectivity index (χ1) is 17.6. The summed E-state index contributed by atoms with van der Waals surface area (Å²) in [6, 6.07) is 0. The predicted octanol–water partition coefficient (Wildman–Crippen LogP) is 0.430. The molecule has 11 atom stereocenters. The molecule has 4 heterocycles. The van der Waals surface area contributed by atoms with Crippen LogP contribution in [-0.4, -0.2) is 73.6 Å². The van der Waals surface area contributed by atoms with Crippen LogP contribution >= 0.6 is 0 Å². The second-order valence-corrected chi connectivity index (χ2v) is 12.7. The van der Waals surface area contributed by atoms with Crippen molar-refractivity contribution in [2.75, 3.05) is 0 Å². The van der Waals surface area contributed by atoms with Gasteiger partial charge < -0.3 is 29.5 Å². The van der Waals surface area contributed by atoms with Crippen molar-refractivity contribution in [1.82, 2.24) is 0 Å². The fourth-order valence-electron chi connectivity index (χ4n) is 9.35. The van der Waals surface area contributed by atoms with Crippen molar-refractivity contribution in [2.24, 2.45) is 28.6 Å². The van der Waals surface area contributed by atoms with E-state index in [1.54, 1.807) is 26.0 Å². The molecule has 202 valence electrons. The fourth-order valence-corrected chi connectivity index (χ4v) is 9.35. The Bertz CT molecular complexity index is 1350. The largest absolute Gasteiger partial charge is 0.455 e. The number of allylic oxidation sites excluding steroid dienone is 3. The molecule has 2 saturated carbocycles. The van der Waals surface area contributed by atoms with Crippen LogP contribution in [0, 0.1) is 28.6 Å². The minimum atomic E-state index is -2.60. The van der Waals surface area contributed by atoms with E-state index in [1.165, 1.54) is 13.0 Å². The standard InChI is InChI=1S/C28H30O10/c1-12-21(32)36-18-11-23(12,2)19-20(31)27(35)15-10-16(29)14-6-5-7-17(30)24(14,3)13(15)8-9-26(34)22(33)37-25(18,4)28(19,26)38-27/h5-7,13,15-16,18-19,29,34-35H,1,8-11H2,2-4H3/t13-,15+,16+,18+,19-,23+,24+,25-,26-,27-,28-/m0/s1. The molecule has 0 aromatic heterocycles. The van der Waals surface area contributed by atoms with E-state index < -0.39 is 81.1 Å². The lowest BCUT2D eigenvalue weighted by Gasteiger charge is -2.60. The lowest BCUT2D eigenvalue weighted by atomic mass is 9.47. The normalized spacial score (nSPS) is 56.2. The summed E-state index contributed by atoms with van der Waals surface area (Å²) < 4.78 is 17.9. The first-order valence-electron chi connectivity index (χ1n) is 13.1. The van der Waals surface area contributed by atoms with Crippen LogP contribution in [0.4, 0.5) is 0 Å². The maximum Gasteiger partial charge on any atom is 0.342 e. The lowest BCUT2D eigenvalue weighted by Crippen LogP contribution is -2.77. The summed E-state index contributed by atoms with van der Waals surface area (Å²) in [5, 5.41) is 35.8. The molecular formula is C28H30O10. The van der Waals surface area contributed by atoms with Crippen molar-refractivity contribution in [3.8, 4) is 0 Å². The molecule has 38 heavy (non-hydrogen) atoms. The van der Waals surface area contributed by atoms with Gasteiger partial charge in [0.2, 0.25) is 5.79 Å². The first kappa shape index (κ1) is 24.4. The fraction of sp³-hybridized carbons (Fsp3) is 0.643. The second kappa shape index (κ2) is 6.55. The van der Waals surface area contributed by atoms with Crippen molar-refractivity contribution >= 4 is 23.5 Å². The zero-order chi connectivity index (χ0) is 27.4. The number of ketones is 2. The van der Waals surface area contributed by atoms with Crippen LogP contribution in [0.25, 0.3) is 0 Å². The van der Waals surface area contributed by atoms with E-state index in [0.717, 1.165) is 0 Å². The highest BCUT2D eigenvalue weighted by Gasteiger charge is 2.91. The smallest absolute Gasteiger partial charge is 0.342 e. The van der Waals surface area contributed by atoms with Crippen LogP contribution in [0.5, 0.6) is 0 Å². The number of rotatable bonds is 0. The highest BCUT2D eigenvalue weighted by atomic mass is 16.7. The summed E-state index contributed by atoms with van der Waals surface area (Å²) in [4.78, 5) is 54.4. The molecule has 7 aliphatic rings. The second-order valence-electron chi connectivity index (χ2n) is 12.7. The molecule has 0 aromatic rings. The van der Waals surface area contributed by atoms with Crippen LogP contribution in [0.15, 0.2) is 36.0 Å². The van der Waals surface area contributed by atoms with Crippen LogP contribution in [0.1, 0.15) is 46.5 Å². The molecule has 3 aliphatic carbocycles. The lowest BCUT2D eigenvalue weighted by molar-refractivity contribution is -0.342. The van der Waals surface area contributed by atoms with E-state index in [9.17, 15) is 34.5 Å². The van der Waals surface area contributed by atoms with Crippen LogP contribution < -0.4 is 0 Å². The Hall–Kier alpha value is -2.66. The molecule has 0 unspecified atom stereocenters. The monoisotopic (exact) mass is 526 g/mol. The Morgan fingerprint density at radius 1 is 1.08 bits per heavy atom. The van der Waals surface area contributed by atoms with E-state index in [2.05, 4.69) is 6.58 Å². The maximum atomic E-state index is 14.6. The van der Waals surface area contributed by atoms with Gasteiger partial charge in [-0.1, -0.05) is 25.7 Å². The van der Waals surface area contributed by atoms with Crippen molar-refractivity contribution in [3.63, 3.8) is 0 Å². The molecule has 7 rings (SSSR count). The number of ether oxygens (including phenoxy) is 3. The third-order valence-electron chi connectivity index (χ3n) is 11.4. The molecule has 10 heteroatoms. The van der Waals surface area contributed by atoms with Crippen molar-refractivity contribution < 1.29 is 48.7 Å². The number of carbonyl (C=O) groups is 4. The number of Topliss-reactive ketones (excluding diaryl/α,β-unsaturated/α-hetero) is 1. The number of hydrogen-bond acceptors (Lipinski definition) is 10. The van der Waals surface area contributed by atoms with Gasteiger partial charge >= 0.3 is 11.9 Å². The molecule has 0 radical (unpaired) electrons. The van der Waals surface area contributed by atoms with E-state index in [-0.39, 0.29) is 37.0 Å².